The van der Waals surface area contributed by atoms with Gasteiger partial charge in [0.25, 0.3) is 5.91 Å². The Balaban J connectivity index is 2.38. The van der Waals surface area contributed by atoms with Gasteiger partial charge in [-0.3, -0.25) is 4.79 Å². The molecule has 0 aromatic heterocycles. The summed E-state index contributed by atoms with van der Waals surface area (Å²) in [6.45, 7) is 0. The lowest BCUT2D eigenvalue weighted by atomic mass is 10.2. The molecule has 0 spiro atoms. The van der Waals surface area contributed by atoms with Gasteiger partial charge in [-0.05, 0) is 52.5 Å². The second-order valence-electron chi connectivity index (χ2n) is 5.09. The van der Waals surface area contributed by atoms with Crippen LogP contribution in [0.5, 0.6) is 0 Å². The molecule has 1 amide bonds. The standard InChI is InChI=1S/C16H17BrN2O3S2/c1-19(2)24(21,22)15-10-11(8-9-12(15)17)16(20)18-13-6-4-5-7-14(13)23-3/h4-10H,1-3H3,(H,18,20). The SMILES string of the molecule is CSc1ccccc1NC(=O)c1ccc(Br)c(S(=O)(=O)N(C)C)c1. The number of nitrogens with one attached hydrogen (secondary N) is 1. The first-order valence-electron chi connectivity index (χ1n) is 6.94. The summed E-state index contributed by atoms with van der Waals surface area (Å²) in [4.78, 5) is 13.5. The number of sulfonamides is 1. The van der Waals surface area contributed by atoms with Crippen LogP contribution < -0.4 is 5.32 Å². The van der Waals surface area contributed by atoms with Crippen LogP contribution in [0.3, 0.4) is 0 Å². The third-order valence-electron chi connectivity index (χ3n) is 3.31. The molecule has 5 nitrogen and oxygen atoms in total. The molecule has 1 N–H and O–H groups in total. The van der Waals surface area contributed by atoms with Crippen LogP contribution in [0.4, 0.5) is 5.69 Å². The molecule has 0 atom stereocenters. The van der Waals surface area contributed by atoms with Crippen molar-refractivity contribution >= 4 is 49.3 Å². The fourth-order valence-electron chi connectivity index (χ4n) is 1.98. The quantitative estimate of drug-likeness (QED) is 0.737. The molecule has 0 aliphatic carbocycles. The van der Waals surface area contributed by atoms with Gasteiger partial charge in [-0.15, -0.1) is 11.8 Å². The number of para-hydroxylation sites is 1. The summed E-state index contributed by atoms with van der Waals surface area (Å²) in [5.74, 6) is -0.362. The number of rotatable bonds is 5. The normalized spacial score (nSPS) is 11.5. The summed E-state index contributed by atoms with van der Waals surface area (Å²) in [6.07, 6.45) is 1.92. The Labute approximate surface area is 154 Å². The molecule has 0 fully saturated rings. The lowest BCUT2D eigenvalue weighted by Crippen LogP contribution is -2.23. The van der Waals surface area contributed by atoms with E-state index >= 15 is 0 Å². The largest absolute Gasteiger partial charge is 0.321 e. The molecule has 0 aliphatic heterocycles. The van der Waals surface area contributed by atoms with Gasteiger partial charge in [0, 0.05) is 29.0 Å². The zero-order valence-corrected chi connectivity index (χ0v) is 16.6. The number of carbonyl (C=O) groups is 1. The average Bonchev–Trinajstić information content (AvgIpc) is 2.55. The molecule has 0 aliphatic rings. The van der Waals surface area contributed by atoms with Gasteiger partial charge in [-0.25, -0.2) is 12.7 Å². The first-order chi connectivity index (χ1) is 11.3. The van der Waals surface area contributed by atoms with E-state index in [1.807, 2.05) is 24.5 Å². The molecule has 0 unspecified atom stereocenters. The number of hydrogen-bond donors (Lipinski definition) is 1. The highest BCUT2D eigenvalue weighted by atomic mass is 79.9. The van der Waals surface area contributed by atoms with Crippen molar-refractivity contribution in [3.05, 3.63) is 52.5 Å². The number of amides is 1. The van der Waals surface area contributed by atoms with Gasteiger partial charge < -0.3 is 5.32 Å². The molecule has 24 heavy (non-hydrogen) atoms. The van der Waals surface area contributed by atoms with Crippen molar-refractivity contribution in [1.29, 1.82) is 0 Å². The van der Waals surface area contributed by atoms with Crippen LogP contribution in [0, 0.1) is 0 Å². The zero-order chi connectivity index (χ0) is 17.9. The van der Waals surface area contributed by atoms with Crippen LogP contribution in [0.15, 0.2) is 56.7 Å². The van der Waals surface area contributed by atoms with Gasteiger partial charge in [0.1, 0.15) is 0 Å². The molecule has 0 saturated heterocycles. The number of hydrogen-bond acceptors (Lipinski definition) is 4. The van der Waals surface area contributed by atoms with E-state index < -0.39 is 10.0 Å². The van der Waals surface area contributed by atoms with Crippen LogP contribution in [0.25, 0.3) is 0 Å². The first-order valence-corrected chi connectivity index (χ1v) is 10.4. The van der Waals surface area contributed by atoms with Gasteiger partial charge >= 0.3 is 0 Å². The van der Waals surface area contributed by atoms with Gasteiger partial charge in [0.2, 0.25) is 10.0 Å². The second-order valence-corrected chi connectivity index (χ2v) is 8.91. The van der Waals surface area contributed by atoms with Crippen molar-refractivity contribution in [1.82, 2.24) is 4.31 Å². The number of benzene rings is 2. The van der Waals surface area contributed by atoms with Crippen molar-refractivity contribution < 1.29 is 13.2 Å². The Morgan fingerprint density at radius 2 is 1.83 bits per heavy atom. The molecular weight excluding hydrogens is 412 g/mol. The average molecular weight is 429 g/mol. The van der Waals surface area contributed by atoms with Gasteiger partial charge in [0.05, 0.1) is 10.6 Å². The van der Waals surface area contributed by atoms with E-state index in [9.17, 15) is 13.2 Å². The summed E-state index contributed by atoms with van der Waals surface area (Å²) in [5.41, 5.74) is 0.962. The molecule has 2 aromatic carbocycles. The summed E-state index contributed by atoms with van der Waals surface area (Å²) in [5, 5.41) is 2.82. The summed E-state index contributed by atoms with van der Waals surface area (Å²) in [7, 11) is -0.752. The van der Waals surface area contributed by atoms with E-state index in [1.165, 1.54) is 31.9 Å². The Kier molecular flexibility index (Phi) is 6.08. The maximum Gasteiger partial charge on any atom is 0.255 e. The Morgan fingerprint density at radius 3 is 2.46 bits per heavy atom. The third-order valence-corrected chi connectivity index (χ3v) is 6.91. The van der Waals surface area contributed by atoms with E-state index in [-0.39, 0.29) is 16.4 Å². The minimum atomic E-state index is -3.65. The summed E-state index contributed by atoms with van der Waals surface area (Å²) >= 11 is 4.75. The minimum absolute atomic E-state index is 0.0540. The maximum absolute atomic E-state index is 12.5. The van der Waals surface area contributed by atoms with Crippen LogP contribution in [-0.4, -0.2) is 39.0 Å². The third kappa shape index (κ3) is 4.00. The number of thioether (sulfide) groups is 1. The van der Waals surface area contributed by atoms with Crippen molar-refractivity contribution in [2.24, 2.45) is 0 Å². The highest BCUT2D eigenvalue weighted by Crippen LogP contribution is 2.27. The van der Waals surface area contributed by atoms with Gasteiger partial charge in [0.15, 0.2) is 0 Å². The van der Waals surface area contributed by atoms with Crippen LogP contribution in [0.1, 0.15) is 10.4 Å². The van der Waals surface area contributed by atoms with Crippen LogP contribution >= 0.6 is 27.7 Å². The summed E-state index contributed by atoms with van der Waals surface area (Å²) < 4.78 is 26.2. The predicted octanol–water partition coefficient (Wildman–Crippen LogP) is 3.67. The smallest absolute Gasteiger partial charge is 0.255 e. The zero-order valence-electron chi connectivity index (χ0n) is 13.4. The fourth-order valence-corrected chi connectivity index (χ4v) is 4.38. The summed E-state index contributed by atoms with van der Waals surface area (Å²) in [6, 6.07) is 11.9. The highest BCUT2D eigenvalue weighted by molar-refractivity contribution is 9.10. The van der Waals surface area contributed by atoms with Crippen LogP contribution in [0.2, 0.25) is 0 Å². The lowest BCUT2D eigenvalue weighted by Gasteiger charge is -2.14. The Hall–Kier alpha value is -1.35. The minimum Gasteiger partial charge on any atom is -0.321 e. The predicted molar refractivity (Wildman–Crippen MR) is 101 cm³/mol. The molecule has 0 bridgehead atoms. The van der Waals surface area contributed by atoms with E-state index in [2.05, 4.69) is 21.2 Å². The molecule has 0 radical (unpaired) electrons. The highest BCUT2D eigenvalue weighted by Gasteiger charge is 2.22. The molecule has 8 heteroatoms. The molecule has 0 heterocycles. The van der Waals surface area contributed by atoms with E-state index in [0.717, 1.165) is 9.20 Å². The van der Waals surface area contributed by atoms with Crippen molar-refractivity contribution in [3.63, 3.8) is 0 Å². The molecular formula is C16H17BrN2O3S2. The van der Waals surface area contributed by atoms with E-state index in [0.29, 0.717) is 10.2 Å². The van der Waals surface area contributed by atoms with Gasteiger partial charge in [-0.1, -0.05) is 12.1 Å². The number of anilines is 1. The van der Waals surface area contributed by atoms with Gasteiger partial charge in [-0.2, -0.15) is 0 Å². The van der Waals surface area contributed by atoms with Crippen molar-refractivity contribution in [2.75, 3.05) is 25.7 Å². The topological polar surface area (TPSA) is 66.5 Å². The molecule has 2 aromatic rings. The second kappa shape index (κ2) is 7.69. The molecule has 128 valence electrons. The number of nitrogens with zero attached hydrogens (tertiary/aromatic N) is 1. The molecule has 0 saturated carbocycles. The number of halogens is 1. The van der Waals surface area contributed by atoms with E-state index in [4.69, 9.17) is 0 Å². The van der Waals surface area contributed by atoms with E-state index in [1.54, 1.807) is 18.2 Å². The Bertz CT molecular complexity index is 867. The van der Waals surface area contributed by atoms with Crippen molar-refractivity contribution in [2.45, 2.75) is 9.79 Å². The monoisotopic (exact) mass is 428 g/mol. The Morgan fingerprint density at radius 1 is 1.17 bits per heavy atom. The van der Waals surface area contributed by atoms with Crippen LogP contribution in [-0.2, 0) is 10.0 Å². The van der Waals surface area contributed by atoms with Crippen molar-refractivity contribution in [3.8, 4) is 0 Å². The molecule has 2 rings (SSSR count). The fraction of sp³-hybridized carbons (Fsp3) is 0.188. The first kappa shape index (κ1) is 19.0. The maximum atomic E-state index is 12.5. The lowest BCUT2D eigenvalue weighted by molar-refractivity contribution is 0.102. The number of carbonyl (C=O) groups excluding carboxylic acids is 1.